The summed E-state index contributed by atoms with van der Waals surface area (Å²) in [5.74, 6) is 0.277. The molecule has 1 aliphatic heterocycles. The lowest BCUT2D eigenvalue weighted by Crippen LogP contribution is -2.33. The standard InChI is InChI=1S/C12H17N3O/c13-12(14-16)9-15-7-3-6-10-4-1-2-5-11(10)8-15/h1-2,4-5,16H,3,6-9H2,(H2,13,14). The number of oxime groups is 1. The summed E-state index contributed by atoms with van der Waals surface area (Å²) in [4.78, 5) is 2.21. The van der Waals surface area contributed by atoms with Gasteiger partial charge in [0.25, 0.3) is 0 Å². The van der Waals surface area contributed by atoms with Crippen molar-refractivity contribution >= 4 is 5.84 Å². The van der Waals surface area contributed by atoms with Crippen LogP contribution in [0.3, 0.4) is 0 Å². The van der Waals surface area contributed by atoms with E-state index in [1.165, 1.54) is 11.1 Å². The van der Waals surface area contributed by atoms with Crippen LogP contribution in [0, 0.1) is 0 Å². The first-order valence-corrected chi connectivity index (χ1v) is 5.55. The second-order valence-corrected chi connectivity index (χ2v) is 4.17. The molecule has 1 heterocycles. The molecule has 0 aromatic heterocycles. The molecule has 1 aromatic carbocycles. The fourth-order valence-electron chi connectivity index (χ4n) is 2.16. The first-order valence-electron chi connectivity index (χ1n) is 5.55. The van der Waals surface area contributed by atoms with Crippen molar-refractivity contribution in [1.29, 1.82) is 0 Å². The average Bonchev–Trinajstić information content (AvgIpc) is 2.50. The molecule has 0 unspecified atom stereocenters. The van der Waals surface area contributed by atoms with Crippen molar-refractivity contribution in [2.75, 3.05) is 13.1 Å². The molecule has 16 heavy (non-hydrogen) atoms. The zero-order valence-electron chi connectivity index (χ0n) is 9.26. The number of rotatable bonds is 2. The van der Waals surface area contributed by atoms with Gasteiger partial charge in [0.2, 0.25) is 0 Å². The molecule has 0 saturated carbocycles. The maximum atomic E-state index is 8.57. The minimum atomic E-state index is 0.277. The zero-order chi connectivity index (χ0) is 11.4. The van der Waals surface area contributed by atoms with E-state index in [-0.39, 0.29) is 5.84 Å². The number of amidine groups is 1. The molecule has 4 heteroatoms. The van der Waals surface area contributed by atoms with E-state index >= 15 is 0 Å². The van der Waals surface area contributed by atoms with Crippen LogP contribution in [0.25, 0.3) is 0 Å². The topological polar surface area (TPSA) is 61.8 Å². The molecule has 0 amide bonds. The Morgan fingerprint density at radius 3 is 2.88 bits per heavy atom. The van der Waals surface area contributed by atoms with E-state index in [1.807, 2.05) is 0 Å². The first-order chi connectivity index (χ1) is 7.79. The summed E-state index contributed by atoms with van der Waals surface area (Å²) in [6.07, 6.45) is 2.23. The van der Waals surface area contributed by atoms with Gasteiger partial charge in [-0.15, -0.1) is 0 Å². The number of hydrogen-bond acceptors (Lipinski definition) is 3. The van der Waals surface area contributed by atoms with Crippen molar-refractivity contribution in [3.8, 4) is 0 Å². The summed E-state index contributed by atoms with van der Waals surface area (Å²) in [7, 11) is 0. The van der Waals surface area contributed by atoms with Gasteiger partial charge in [-0.3, -0.25) is 4.90 Å². The Labute approximate surface area is 95.4 Å². The van der Waals surface area contributed by atoms with Crippen LogP contribution >= 0.6 is 0 Å². The van der Waals surface area contributed by atoms with Crippen LogP contribution in [0.1, 0.15) is 17.5 Å². The highest BCUT2D eigenvalue weighted by molar-refractivity contribution is 5.81. The summed E-state index contributed by atoms with van der Waals surface area (Å²) in [5, 5.41) is 11.6. The Morgan fingerprint density at radius 1 is 1.38 bits per heavy atom. The largest absolute Gasteiger partial charge is 0.409 e. The molecule has 0 saturated heterocycles. The van der Waals surface area contributed by atoms with Crippen molar-refractivity contribution in [3.05, 3.63) is 35.4 Å². The molecular formula is C12H17N3O. The normalized spacial score (nSPS) is 17.9. The van der Waals surface area contributed by atoms with Crippen LogP contribution in [0.5, 0.6) is 0 Å². The maximum Gasteiger partial charge on any atom is 0.153 e. The van der Waals surface area contributed by atoms with Gasteiger partial charge in [0, 0.05) is 6.54 Å². The fourth-order valence-corrected chi connectivity index (χ4v) is 2.16. The lowest BCUT2D eigenvalue weighted by molar-refractivity contribution is 0.288. The predicted octanol–water partition coefficient (Wildman–Crippen LogP) is 1.18. The van der Waals surface area contributed by atoms with Crippen LogP contribution in [-0.2, 0) is 13.0 Å². The van der Waals surface area contributed by atoms with Crippen LogP contribution in [0.15, 0.2) is 29.4 Å². The quantitative estimate of drug-likeness (QED) is 0.340. The van der Waals surface area contributed by atoms with Crippen molar-refractivity contribution in [2.24, 2.45) is 10.9 Å². The predicted molar refractivity (Wildman–Crippen MR) is 63.4 cm³/mol. The van der Waals surface area contributed by atoms with Gasteiger partial charge in [-0.2, -0.15) is 0 Å². The molecule has 0 radical (unpaired) electrons. The second-order valence-electron chi connectivity index (χ2n) is 4.17. The molecule has 1 aliphatic rings. The molecule has 86 valence electrons. The third kappa shape index (κ3) is 2.52. The highest BCUT2D eigenvalue weighted by Gasteiger charge is 2.14. The Balaban J connectivity index is 2.10. The second kappa shape index (κ2) is 4.99. The van der Waals surface area contributed by atoms with Gasteiger partial charge in [-0.1, -0.05) is 29.4 Å². The molecule has 3 N–H and O–H groups in total. The van der Waals surface area contributed by atoms with Crippen LogP contribution in [0.4, 0.5) is 0 Å². The van der Waals surface area contributed by atoms with Gasteiger partial charge in [-0.05, 0) is 30.5 Å². The Kier molecular flexibility index (Phi) is 3.41. The molecule has 0 bridgehead atoms. The van der Waals surface area contributed by atoms with E-state index in [0.29, 0.717) is 6.54 Å². The Morgan fingerprint density at radius 2 is 2.12 bits per heavy atom. The lowest BCUT2D eigenvalue weighted by Gasteiger charge is -2.19. The van der Waals surface area contributed by atoms with Crippen LogP contribution in [0.2, 0.25) is 0 Å². The van der Waals surface area contributed by atoms with Crippen molar-refractivity contribution in [2.45, 2.75) is 19.4 Å². The molecule has 0 aliphatic carbocycles. The summed E-state index contributed by atoms with van der Waals surface area (Å²) in [6, 6.07) is 8.48. The van der Waals surface area contributed by atoms with Gasteiger partial charge in [-0.25, -0.2) is 0 Å². The highest BCUT2D eigenvalue weighted by Crippen LogP contribution is 2.17. The van der Waals surface area contributed by atoms with Gasteiger partial charge < -0.3 is 10.9 Å². The third-order valence-corrected chi connectivity index (χ3v) is 2.95. The number of nitrogens with two attached hydrogens (primary N) is 1. The van der Waals surface area contributed by atoms with Gasteiger partial charge in [0.05, 0.1) is 6.54 Å². The molecule has 2 rings (SSSR count). The molecule has 0 spiro atoms. The average molecular weight is 219 g/mol. The van der Waals surface area contributed by atoms with Crippen molar-refractivity contribution in [1.82, 2.24) is 4.90 Å². The summed E-state index contributed by atoms with van der Waals surface area (Å²) < 4.78 is 0. The highest BCUT2D eigenvalue weighted by atomic mass is 16.4. The Hall–Kier alpha value is -1.55. The summed E-state index contributed by atoms with van der Waals surface area (Å²) in [6.45, 7) is 2.40. The number of aryl methyl sites for hydroxylation is 1. The van der Waals surface area contributed by atoms with Gasteiger partial charge >= 0.3 is 0 Å². The van der Waals surface area contributed by atoms with Crippen molar-refractivity contribution < 1.29 is 5.21 Å². The summed E-state index contributed by atoms with van der Waals surface area (Å²) in [5.41, 5.74) is 8.31. The van der Waals surface area contributed by atoms with Crippen LogP contribution in [-0.4, -0.2) is 29.0 Å². The number of fused-ring (bicyclic) bond motifs is 1. The first kappa shape index (κ1) is 11.0. The monoisotopic (exact) mass is 219 g/mol. The zero-order valence-corrected chi connectivity index (χ0v) is 9.26. The van der Waals surface area contributed by atoms with Crippen LogP contribution < -0.4 is 5.73 Å². The van der Waals surface area contributed by atoms with E-state index in [4.69, 9.17) is 10.9 Å². The molecule has 1 aromatic rings. The molecule has 0 fully saturated rings. The fraction of sp³-hybridized carbons (Fsp3) is 0.417. The molecule has 4 nitrogen and oxygen atoms in total. The minimum absolute atomic E-state index is 0.277. The van der Waals surface area contributed by atoms with Gasteiger partial charge in [0.15, 0.2) is 5.84 Å². The van der Waals surface area contributed by atoms with E-state index in [2.05, 4.69) is 34.3 Å². The van der Waals surface area contributed by atoms with E-state index < -0.39 is 0 Å². The lowest BCUT2D eigenvalue weighted by atomic mass is 10.0. The van der Waals surface area contributed by atoms with E-state index in [1.54, 1.807) is 0 Å². The number of benzene rings is 1. The van der Waals surface area contributed by atoms with E-state index in [9.17, 15) is 0 Å². The molecule has 0 atom stereocenters. The van der Waals surface area contributed by atoms with Crippen molar-refractivity contribution in [3.63, 3.8) is 0 Å². The maximum absolute atomic E-state index is 8.57. The minimum Gasteiger partial charge on any atom is -0.409 e. The summed E-state index contributed by atoms with van der Waals surface area (Å²) >= 11 is 0. The third-order valence-electron chi connectivity index (χ3n) is 2.95. The SMILES string of the molecule is NC(CN1CCCc2ccccc2C1)=NO. The molecular weight excluding hydrogens is 202 g/mol. The van der Waals surface area contributed by atoms with Gasteiger partial charge in [0.1, 0.15) is 0 Å². The number of hydrogen-bond donors (Lipinski definition) is 2. The number of nitrogens with zero attached hydrogens (tertiary/aromatic N) is 2. The van der Waals surface area contributed by atoms with E-state index in [0.717, 1.165) is 25.9 Å². The Bertz CT molecular complexity index is 390. The smallest absolute Gasteiger partial charge is 0.153 e.